The van der Waals surface area contributed by atoms with Crippen molar-refractivity contribution in [2.24, 2.45) is 11.7 Å². The quantitative estimate of drug-likeness (QED) is 0.571. The molecule has 0 aromatic carbocycles. The Morgan fingerprint density at radius 3 is 2.83 bits per heavy atom. The Morgan fingerprint density at radius 2 is 2.00 bits per heavy atom. The SMILES string of the molecule is CC1CC(N)C2CCCCC2N1. The van der Waals surface area contributed by atoms with Crippen LogP contribution >= 0.6 is 0 Å². The molecule has 2 heteroatoms. The summed E-state index contributed by atoms with van der Waals surface area (Å²) in [5.74, 6) is 0.773. The lowest BCUT2D eigenvalue weighted by molar-refractivity contribution is 0.157. The second-order valence-corrected chi connectivity index (χ2v) is 4.52. The van der Waals surface area contributed by atoms with Gasteiger partial charge < -0.3 is 11.1 Å². The van der Waals surface area contributed by atoms with Crippen LogP contribution in [0.25, 0.3) is 0 Å². The third-order valence-corrected chi connectivity index (χ3v) is 3.49. The van der Waals surface area contributed by atoms with Crippen molar-refractivity contribution in [2.45, 2.75) is 57.2 Å². The van der Waals surface area contributed by atoms with E-state index in [1.54, 1.807) is 0 Å². The highest BCUT2D eigenvalue weighted by atomic mass is 15.0. The monoisotopic (exact) mass is 168 g/mol. The summed E-state index contributed by atoms with van der Waals surface area (Å²) in [4.78, 5) is 0. The van der Waals surface area contributed by atoms with Crippen molar-refractivity contribution in [3.63, 3.8) is 0 Å². The van der Waals surface area contributed by atoms with Crippen LogP contribution in [0.3, 0.4) is 0 Å². The molecule has 3 N–H and O–H groups in total. The minimum absolute atomic E-state index is 0.464. The van der Waals surface area contributed by atoms with Gasteiger partial charge in [-0.25, -0.2) is 0 Å². The number of piperidine rings is 1. The molecule has 2 rings (SSSR count). The van der Waals surface area contributed by atoms with Crippen LogP contribution in [0.5, 0.6) is 0 Å². The van der Waals surface area contributed by atoms with E-state index in [1.807, 2.05) is 0 Å². The Bertz CT molecular complexity index is 158. The van der Waals surface area contributed by atoms with Gasteiger partial charge in [0.05, 0.1) is 0 Å². The molecule has 4 atom stereocenters. The normalized spacial score (nSPS) is 48.5. The van der Waals surface area contributed by atoms with Crippen molar-refractivity contribution < 1.29 is 0 Å². The first kappa shape index (κ1) is 8.52. The first-order valence-corrected chi connectivity index (χ1v) is 5.29. The van der Waals surface area contributed by atoms with Crippen LogP contribution in [-0.4, -0.2) is 18.1 Å². The second kappa shape index (κ2) is 3.35. The average molecular weight is 168 g/mol. The Balaban J connectivity index is 2.01. The Labute approximate surface area is 74.9 Å². The van der Waals surface area contributed by atoms with E-state index in [0.717, 1.165) is 12.0 Å². The molecule has 0 spiro atoms. The smallest absolute Gasteiger partial charge is 0.0113 e. The molecule has 1 heterocycles. The van der Waals surface area contributed by atoms with Gasteiger partial charge in [-0.15, -0.1) is 0 Å². The van der Waals surface area contributed by atoms with Crippen LogP contribution in [0.1, 0.15) is 39.0 Å². The number of hydrogen-bond donors (Lipinski definition) is 2. The summed E-state index contributed by atoms with van der Waals surface area (Å²) in [7, 11) is 0. The maximum atomic E-state index is 6.14. The summed E-state index contributed by atoms with van der Waals surface area (Å²) < 4.78 is 0. The van der Waals surface area contributed by atoms with E-state index < -0.39 is 0 Å². The standard InChI is InChI=1S/C10H20N2/c1-7-6-9(11)8-4-2-3-5-10(8)12-7/h7-10,12H,2-6,11H2,1H3. The summed E-state index contributed by atoms with van der Waals surface area (Å²) in [5, 5.41) is 3.67. The Hall–Kier alpha value is -0.0800. The van der Waals surface area contributed by atoms with Gasteiger partial charge in [0.25, 0.3) is 0 Å². The molecule has 0 radical (unpaired) electrons. The van der Waals surface area contributed by atoms with Crippen molar-refractivity contribution in [2.75, 3.05) is 0 Å². The van der Waals surface area contributed by atoms with Crippen LogP contribution < -0.4 is 11.1 Å². The van der Waals surface area contributed by atoms with Crippen molar-refractivity contribution in [1.29, 1.82) is 0 Å². The predicted octanol–water partition coefficient (Wildman–Crippen LogP) is 1.25. The number of fused-ring (bicyclic) bond motifs is 1. The van der Waals surface area contributed by atoms with Gasteiger partial charge in [0.1, 0.15) is 0 Å². The summed E-state index contributed by atoms with van der Waals surface area (Å²) in [6, 6.07) is 1.84. The van der Waals surface area contributed by atoms with Crippen LogP contribution in [0.2, 0.25) is 0 Å². The minimum Gasteiger partial charge on any atom is -0.327 e. The zero-order chi connectivity index (χ0) is 8.55. The molecule has 1 saturated carbocycles. The van der Waals surface area contributed by atoms with Gasteiger partial charge in [-0.1, -0.05) is 12.8 Å². The fraction of sp³-hybridized carbons (Fsp3) is 1.00. The van der Waals surface area contributed by atoms with Crippen LogP contribution in [0, 0.1) is 5.92 Å². The van der Waals surface area contributed by atoms with Crippen LogP contribution in [0.4, 0.5) is 0 Å². The highest BCUT2D eigenvalue weighted by molar-refractivity contribution is 4.94. The van der Waals surface area contributed by atoms with Crippen molar-refractivity contribution >= 4 is 0 Å². The number of nitrogens with one attached hydrogen (secondary N) is 1. The zero-order valence-corrected chi connectivity index (χ0v) is 7.92. The van der Waals surface area contributed by atoms with Gasteiger partial charge in [0.15, 0.2) is 0 Å². The molecule has 0 bridgehead atoms. The van der Waals surface area contributed by atoms with Gasteiger partial charge in [-0.3, -0.25) is 0 Å². The molecule has 1 saturated heterocycles. The summed E-state index contributed by atoms with van der Waals surface area (Å²) in [5.41, 5.74) is 6.14. The predicted molar refractivity (Wildman–Crippen MR) is 50.9 cm³/mol. The molecule has 2 aliphatic rings. The summed E-state index contributed by atoms with van der Waals surface area (Å²) in [6.45, 7) is 2.25. The fourth-order valence-electron chi connectivity index (χ4n) is 2.90. The third kappa shape index (κ3) is 1.50. The van der Waals surface area contributed by atoms with Gasteiger partial charge in [0, 0.05) is 18.1 Å². The first-order valence-electron chi connectivity index (χ1n) is 5.29. The Morgan fingerprint density at radius 1 is 1.25 bits per heavy atom. The van der Waals surface area contributed by atoms with Crippen molar-refractivity contribution in [3.8, 4) is 0 Å². The lowest BCUT2D eigenvalue weighted by Crippen LogP contribution is -2.56. The van der Waals surface area contributed by atoms with Crippen LogP contribution in [-0.2, 0) is 0 Å². The van der Waals surface area contributed by atoms with E-state index in [2.05, 4.69) is 12.2 Å². The van der Waals surface area contributed by atoms with Gasteiger partial charge >= 0.3 is 0 Å². The van der Waals surface area contributed by atoms with Gasteiger partial charge in [-0.05, 0) is 32.1 Å². The van der Waals surface area contributed by atoms with E-state index >= 15 is 0 Å². The van der Waals surface area contributed by atoms with Crippen molar-refractivity contribution in [1.82, 2.24) is 5.32 Å². The van der Waals surface area contributed by atoms with E-state index in [1.165, 1.54) is 32.1 Å². The van der Waals surface area contributed by atoms with Gasteiger partial charge in [-0.2, -0.15) is 0 Å². The topological polar surface area (TPSA) is 38.0 Å². The van der Waals surface area contributed by atoms with E-state index in [0.29, 0.717) is 12.1 Å². The summed E-state index contributed by atoms with van der Waals surface area (Å²) in [6.07, 6.45) is 6.66. The molecule has 2 nitrogen and oxygen atoms in total. The van der Waals surface area contributed by atoms with E-state index in [-0.39, 0.29) is 0 Å². The molecule has 2 fully saturated rings. The van der Waals surface area contributed by atoms with Crippen molar-refractivity contribution in [3.05, 3.63) is 0 Å². The molecule has 0 amide bonds. The minimum atomic E-state index is 0.464. The van der Waals surface area contributed by atoms with Crippen LogP contribution in [0.15, 0.2) is 0 Å². The molecule has 12 heavy (non-hydrogen) atoms. The Kier molecular flexibility index (Phi) is 2.37. The highest BCUT2D eigenvalue weighted by Gasteiger charge is 2.34. The number of nitrogens with two attached hydrogens (primary N) is 1. The molecule has 0 aromatic rings. The molecule has 1 aliphatic carbocycles. The lowest BCUT2D eigenvalue weighted by Gasteiger charge is -2.43. The molecular formula is C10H20N2. The fourth-order valence-corrected chi connectivity index (χ4v) is 2.90. The van der Waals surface area contributed by atoms with Gasteiger partial charge in [0.2, 0.25) is 0 Å². The lowest BCUT2D eigenvalue weighted by atomic mass is 9.75. The maximum Gasteiger partial charge on any atom is 0.0113 e. The third-order valence-electron chi connectivity index (χ3n) is 3.49. The highest BCUT2D eigenvalue weighted by Crippen LogP contribution is 2.31. The largest absolute Gasteiger partial charge is 0.327 e. The maximum absolute atomic E-state index is 6.14. The number of hydrogen-bond acceptors (Lipinski definition) is 2. The second-order valence-electron chi connectivity index (χ2n) is 4.52. The van der Waals surface area contributed by atoms with E-state index in [9.17, 15) is 0 Å². The zero-order valence-electron chi connectivity index (χ0n) is 7.92. The molecule has 4 unspecified atom stereocenters. The number of rotatable bonds is 0. The first-order chi connectivity index (χ1) is 5.77. The van der Waals surface area contributed by atoms with E-state index in [4.69, 9.17) is 5.73 Å². The molecular weight excluding hydrogens is 148 g/mol. The summed E-state index contributed by atoms with van der Waals surface area (Å²) >= 11 is 0. The average Bonchev–Trinajstić information content (AvgIpc) is 2.04. The molecule has 1 aliphatic heterocycles. The molecule has 70 valence electrons. The molecule has 0 aromatic heterocycles.